The number of morpholine rings is 1. The number of amides is 1. The Bertz CT molecular complexity index is 725. The van der Waals surface area contributed by atoms with Gasteiger partial charge in [-0.1, -0.05) is 12.1 Å². The molecule has 142 valence electrons. The molecular weight excluding hydrogens is 349 g/mol. The van der Waals surface area contributed by atoms with Gasteiger partial charge in [-0.05, 0) is 38.8 Å². The van der Waals surface area contributed by atoms with Crippen LogP contribution in [0.3, 0.4) is 0 Å². The van der Waals surface area contributed by atoms with Gasteiger partial charge in [0.25, 0.3) is 0 Å². The van der Waals surface area contributed by atoms with Gasteiger partial charge < -0.3 is 9.47 Å². The number of halogens is 3. The van der Waals surface area contributed by atoms with Gasteiger partial charge in [0.2, 0.25) is 0 Å². The van der Waals surface area contributed by atoms with Crippen molar-refractivity contribution >= 4 is 11.7 Å². The molecule has 26 heavy (non-hydrogen) atoms. The molecule has 0 N–H and O–H groups in total. The van der Waals surface area contributed by atoms with Crippen LogP contribution >= 0.6 is 0 Å². The van der Waals surface area contributed by atoms with Crippen LogP contribution in [-0.2, 0) is 15.7 Å². The van der Waals surface area contributed by atoms with Crippen molar-refractivity contribution in [1.29, 1.82) is 0 Å². The molecule has 2 aliphatic rings. The monoisotopic (exact) mass is 370 g/mol. The Morgan fingerprint density at radius 3 is 2.65 bits per heavy atom. The van der Waals surface area contributed by atoms with Gasteiger partial charge >= 0.3 is 12.3 Å². The van der Waals surface area contributed by atoms with E-state index in [0.717, 1.165) is 6.20 Å². The molecule has 1 fully saturated rings. The summed E-state index contributed by atoms with van der Waals surface area (Å²) in [5.41, 5.74) is -0.969. The van der Waals surface area contributed by atoms with Crippen LogP contribution in [0.4, 0.5) is 18.0 Å². The molecule has 0 aliphatic carbocycles. The van der Waals surface area contributed by atoms with E-state index in [2.05, 4.69) is 4.98 Å². The molecule has 0 spiro atoms. The number of aromatic nitrogens is 1. The average Bonchev–Trinajstić information content (AvgIpc) is 2.51. The van der Waals surface area contributed by atoms with Crippen LogP contribution in [0.5, 0.6) is 0 Å². The van der Waals surface area contributed by atoms with E-state index in [1.807, 2.05) is 0 Å². The molecular formula is C18H21F3N2O3. The molecule has 8 heteroatoms. The minimum Gasteiger partial charge on any atom is -0.444 e. The first-order chi connectivity index (χ1) is 12.1. The number of fused-ring (bicyclic) bond motifs is 2. The van der Waals surface area contributed by atoms with Crippen molar-refractivity contribution in [2.75, 3.05) is 13.2 Å². The number of carbonyl (C=O) groups is 1. The van der Waals surface area contributed by atoms with Gasteiger partial charge in [-0.15, -0.1) is 0 Å². The van der Waals surface area contributed by atoms with Gasteiger partial charge in [-0.25, -0.2) is 4.79 Å². The second-order valence-electron chi connectivity index (χ2n) is 7.44. The quantitative estimate of drug-likeness (QED) is 0.753. The van der Waals surface area contributed by atoms with Gasteiger partial charge in [0.1, 0.15) is 5.60 Å². The van der Waals surface area contributed by atoms with E-state index >= 15 is 0 Å². The molecule has 0 radical (unpaired) electrons. The van der Waals surface area contributed by atoms with Crippen molar-refractivity contribution in [3.63, 3.8) is 0 Å². The maximum absolute atomic E-state index is 13.3. The van der Waals surface area contributed by atoms with Crippen molar-refractivity contribution in [2.24, 2.45) is 0 Å². The fraction of sp³-hybridized carbons (Fsp3) is 0.556. The minimum absolute atomic E-state index is 0.0562. The number of nitrogens with zero attached hydrogens (tertiary/aromatic N) is 2. The van der Waals surface area contributed by atoms with E-state index in [1.54, 1.807) is 31.7 Å². The van der Waals surface area contributed by atoms with Crippen molar-refractivity contribution in [2.45, 2.75) is 51.1 Å². The van der Waals surface area contributed by atoms with E-state index in [1.165, 1.54) is 12.1 Å². The van der Waals surface area contributed by atoms with Crippen LogP contribution in [-0.4, -0.2) is 46.9 Å². The van der Waals surface area contributed by atoms with Crippen LogP contribution in [0.2, 0.25) is 0 Å². The highest BCUT2D eigenvalue weighted by Gasteiger charge is 2.42. The van der Waals surface area contributed by atoms with Crippen LogP contribution in [0.25, 0.3) is 5.57 Å². The molecule has 1 aromatic rings. The smallest absolute Gasteiger partial charge is 0.433 e. The third kappa shape index (κ3) is 3.85. The topological polar surface area (TPSA) is 51.7 Å². The molecule has 0 aromatic carbocycles. The minimum atomic E-state index is -4.54. The van der Waals surface area contributed by atoms with E-state index in [0.29, 0.717) is 5.57 Å². The SMILES string of the molecule is CC(C)(C)OC(=O)N1C2C=C(c3cccnc3C(F)(F)F)CC1COC2. The molecule has 1 aromatic heterocycles. The number of hydrogen-bond donors (Lipinski definition) is 0. The van der Waals surface area contributed by atoms with Crippen molar-refractivity contribution < 1.29 is 27.4 Å². The first-order valence-electron chi connectivity index (χ1n) is 8.38. The lowest BCUT2D eigenvalue weighted by molar-refractivity contribution is -0.141. The van der Waals surface area contributed by atoms with Crippen LogP contribution in [0.1, 0.15) is 38.4 Å². The number of carbonyl (C=O) groups excluding carboxylic acids is 1. The molecule has 2 aliphatic heterocycles. The van der Waals surface area contributed by atoms with Crippen molar-refractivity contribution in [3.8, 4) is 0 Å². The third-order valence-corrected chi connectivity index (χ3v) is 4.23. The Kier molecular flexibility index (Phi) is 4.72. The summed E-state index contributed by atoms with van der Waals surface area (Å²) in [4.78, 5) is 17.6. The number of ether oxygens (including phenoxy) is 2. The Labute approximate surface area is 149 Å². The van der Waals surface area contributed by atoms with E-state index in [4.69, 9.17) is 9.47 Å². The highest BCUT2D eigenvalue weighted by atomic mass is 19.4. The molecule has 2 bridgehead atoms. The highest BCUT2D eigenvalue weighted by molar-refractivity contribution is 5.75. The van der Waals surface area contributed by atoms with E-state index in [-0.39, 0.29) is 31.2 Å². The lowest BCUT2D eigenvalue weighted by Gasteiger charge is -2.44. The average molecular weight is 370 g/mol. The molecule has 1 saturated heterocycles. The molecule has 5 nitrogen and oxygen atoms in total. The maximum atomic E-state index is 13.3. The summed E-state index contributed by atoms with van der Waals surface area (Å²) in [7, 11) is 0. The zero-order valence-corrected chi connectivity index (χ0v) is 14.8. The summed E-state index contributed by atoms with van der Waals surface area (Å²) in [6, 6.07) is 2.07. The molecule has 1 amide bonds. The first-order valence-corrected chi connectivity index (χ1v) is 8.38. The summed E-state index contributed by atoms with van der Waals surface area (Å²) in [5.74, 6) is 0. The Hall–Kier alpha value is -2.09. The van der Waals surface area contributed by atoms with Gasteiger partial charge in [0.15, 0.2) is 5.69 Å². The fourth-order valence-corrected chi connectivity index (χ4v) is 3.29. The number of pyridine rings is 1. The second-order valence-corrected chi connectivity index (χ2v) is 7.44. The largest absolute Gasteiger partial charge is 0.444 e. The molecule has 0 saturated carbocycles. The van der Waals surface area contributed by atoms with Crippen molar-refractivity contribution in [3.05, 3.63) is 35.7 Å². The fourth-order valence-electron chi connectivity index (χ4n) is 3.29. The third-order valence-electron chi connectivity index (χ3n) is 4.23. The van der Waals surface area contributed by atoms with Gasteiger partial charge in [-0.3, -0.25) is 9.88 Å². The van der Waals surface area contributed by atoms with Gasteiger partial charge in [0, 0.05) is 11.8 Å². The van der Waals surface area contributed by atoms with Crippen molar-refractivity contribution in [1.82, 2.24) is 9.88 Å². The Balaban J connectivity index is 1.94. The van der Waals surface area contributed by atoms with E-state index < -0.39 is 29.6 Å². The maximum Gasteiger partial charge on any atom is 0.433 e. The van der Waals surface area contributed by atoms with Crippen LogP contribution in [0.15, 0.2) is 24.4 Å². The number of rotatable bonds is 1. The van der Waals surface area contributed by atoms with Crippen LogP contribution in [0, 0.1) is 0 Å². The predicted molar refractivity (Wildman–Crippen MR) is 88.3 cm³/mol. The lowest BCUT2D eigenvalue weighted by Crippen LogP contribution is -2.57. The van der Waals surface area contributed by atoms with Gasteiger partial charge in [0.05, 0.1) is 25.3 Å². The molecule has 2 atom stereocenters. The zero-order valence-electron chi connectivity index (χ0n) is 14.8. The van der Waals surface area contributed by atoms with Crippen LogP contribution < -0.4 is 0 Å². The number of hydrogen-bond acceptors (Lipinski definition) is 4. The first kappa shape index (κ1) is 18.7. The normalized spacial score (nSPS) is 23.5. The highest BCUT2D eigenvalue weighted by Crippen LogP contribution is 2.38. The molecule has 3 rings (SSSR count). The summed E-state index contributed by atoms with van der Waals surface area (Å²) >= 11 is 0. The molecule has 3 heterocycles. The lowest BCUT2D eigenvalue weighted by atomic mass is 9.89. The summed E-state index contributed by atoms with van der Waals surface area (Å²) in [6.07, 6.45) is -1.97. The predicted octanol–water partition coefficient (Wildman–Crippen LogP) is 3.89. The standard InChI is InChI=1S/C18H21F3N2O3/c1-17(2,3)26-16(24)23-12-7-11(8-13(23)10-25-9-12)14-5-4-6-22-15(14)18(19,20)21/h4-7,12-13H,8-10H2,1-3H3. The Morgan fingerprint density at radius 2 is 2.04 bits per heavy atom. The van der Waals surface area contributed by atoms with E-state index in [9.17, 15) is 18.0 Å². The summed E-state index contributed by atoms with van der Waals surface area (Å²) in [5, 5.41) is 0. The summed E-state index contributed by atoms with van der Waals surface area (Å²) in [6.45, 7) is 5.80. The number of alkyl halides is 3. The van der Waals surface area contributed by atoms with Gasteiger partial charge in [-0.2, -0.15) is 13.2 Å². The zero-order chi connectivity index (χ0) is 19.1. The summed E-state index contributed by atoms with van der Waals surface area (Å²) < 4.78 is 50.8. The second kappa shape index (κ2) is 6.57. The molecule has 2 unspecified atom stereocenters. The Morgan fingerprint density at radius 1 is 1.31 bits per heavy atom.